The minimum absolute atomic E-state index is 0.0600. The van der Waals surface area contributed by atoms with Crippen molar-refractivity contribution in [3.63, 3.8) is 0 Å². The van der Waals surface area contributed by atoms with Gasteiger partial charge in [0.1, 0.15) is 0 Å². The zero-order valence-electron chi connectivity index (χ0n) is 14.1. The Morgan fingerprint density at radius 3 is 2.79 bits per heavy atom. The van der Waals surface area contributed by atoms with Gasteiger partial charge in [-0.2, -0.15) is 4.98 Å². The van der Waals surface area contributed by atoms with E-state index in [2.05, 4.69) is 15.1 Å². The molecule has 2 aromatic heterocycles. The fraction of sp³-hybridized carbons (Fsp3) is 0.176. The van der Waals surface area contributed by atoms with Crippen LogP contribution in [-0.4, -0.2) is 32.2 Å². The third-order valence-electron chi connectivity index (χ3n) is 3.51. The molecule has 3 N–H and O–H groups in total. The molecule has 3 aromatic rings. The number of hydrogen-bond acceptors (Lipinski definition) is 7. The van der Waals surface area contributed by atoms with Crippen LogP contribution in [0.2, 0.25) is 5.02 Å². The van der Waals surface area contributed by atoms with Crippen molar-refractivity contribution in [1.29, 1.82) is 0 Å². The number of benzene rings is 1. The van der Waals surface area contributed by atoms with Crippen molar-refractivity contribution in [3.8, 4) is 23.0 Å². The summed E-state index contributed by atoms with van der Waals surface area (Å²) in [5, 5.41) is 12.5. The highest BCUT2D eigenvalue weighted by molar-refractivity contribution is 6.30. The molecule has 1 atom stereocenters. The highest BCUT2D eigenvalue weighted by Crippen LogP contribution is 2.29. The van der Waals surface area contributed by atoms with Gasteiger partial charge in [0.15, 0.2) is 17.4 Å². The molecule has 1 aromatic carbocycles. The molecule has 146 valence electrons. The van der Waals surface area contributed by atoms with E-state index in [1.165, 1.54) is 18.3 Å². The summed E-state index contributed by atoms with van der Waals surface area (Å²) in [5.41, 5.74) is 5.94. The standard InChI is InChI=1S/C17H13ClF2N4O4/c18-9-4-12(20)17(22-7-9)27-13-2-1-8(3-11(13)19)16-23-14(28-24-16)5-10(21)6-15(25)26/h1-4,7,10H,5-6,21H2,(H,25,26). The molecule has 0 radical (unpaired) electrons. The first-order valence-corrected chi connectivity index (χ1v) is 8.28. The Morgan fingerprint density at radius 2 is 2.11 bits per heavy atom. The number of ether oxygens (including phenoxy) is 1. The Labute approximate surface area is 161 Å². The van der Waals surface area contributed by atoms with Crippen LogP contribution in [0, 0.1) is 11.6 Å². The molecule has 0 saturated carbocycles. The lowest BCUT2D eigenvalue weighted by Crippen LogP contribution is -2.26. The summed E-state index contributed by atoms with van der Waals surface area (Å²) in [5.74, 6) is -3.17. The largest absolute Gasteiger partial charge is 0.481 e. The monoisotopic (exact) mass is 410 g/mol. The van der Waals surface area contributed by atoms with Gasteiger partial charge in [-0.1, -0.05) is 16.8 Å². The lowest BCUT2D eigenvalue weighted by atomic mass is 10.1. The van der Waals surface area contributed by atoms with E-state index < -0.39 is 29.5 Å². The predicted octanol–water partition coefficient (Wildman–Crippen LogP) is 3.20. The number of nitrogens with zero attached hydrogens (tertiary/aromatic N) is 3. The molecular weight excluding hydrogens is 398 g/mol. The van der Waals surface area contributed by atoms with Gasteiger partial charge in [-0.3, -0.25) is 4.79 Å². The van der Waals surface area contributed by atoms with Crippen molar-refractivity contribution in [2.75, 3.05) is 0 Å². The van der Waals surface area contributed by atoms with Gasteiger partial charge in [0, 0.05) is 24.2 Å². The summed E-state index contributed by atoms with van der Waals surface area (Å²) >= 11 is 5.61. The summed E-state index contributed by atoms with van der Waals surface area (Å²) in [7, 11) is 0. The topological polar surface area (TPSA) is 124 Å². The zero-order valence-corrected chi connectivity index (χ0v) is 14.9. The molecule has 0 amide bonds. The summed E-state index contributed by atoms with van der Waals surface area (Å²) in [6, 6.07) is 4.08. The van der Waals surface area contributed by atoms with Crippen LogP contribution in [-0.2, 0) is 11.2 Å². The van der Waals surface area contributed by atoms with Gasteiger partial charge in [-0.05, 0) is 24.3 Å². The molecule has 0 aliphatic rings. The van der Waals surface area contributed by atoms with Crippen LogP contribution >= 0.6 is 11.6 Å². The van der Waals surface area contributed by atoms with E-state index in [0.717, 1.165) is 12.1 Å². The Hall–Kier alpha value is -3.11. The second-order valence-electron chi connectivity index (χ2n) is 5.76. The lowest BCUT2D eigenvalue weighted by Gasteiger charge is -2.07. The summed E-state index contributed by atoms with van der Waals surface area (Å²) < 4.78 is 38.2. The SMILES string of the molecule is NC(CC(=O)O)Cc1nc(-c2ccc(Oc3ncc(Cl)cc3F)c(F)c2)no1. The van der Waals surface area contributed by atoms with Gasteiger partial charge in [0.2, 0.25) is 11.7 Å². The van der Waals surface area contributed by atoms with Gasteiger partial charge >= 0.3 is 5.97 Å². The maximum Gasteiger partial charge on any atom is 0.304 e. The molecule has 2 heterocycles. The normalized spacial score (nSPS) is 12.0. The van der Waals surface area contributed by atoms with Gasteiger partial charge < -0.3 is 20.1 Å². The van der Waals surface area contributed by atoms with E-state index in [-0.39, 0.29) is 40.9 Å². The fourth-order valence-electron chi connectivity index (χ4n) is 2.28. The third-order valence-corrected chi connectivity index (χ3v) is 3.72. The average molecular weight is 411 g/mol. The number of carboxylic acids is 1. The second-order valence-corrected chi connectivity index (χ2v) is 6.20. The molecule has 0 bridgehead atoms. The van der Waals surface area contributed by atoms with Crippen molar-refractivity contribution in [2.45, 2.75) is 18.9 Å². The second kappa shape index (κ2) is 8.28. The molecular formula is C17H13ClF2N4O4. The van der Waals surface area contributed by atoms with Crippen molar-refractivity contribution in [1.82, 2.24) is 15.1 Å². The van der Waals surface area contributed by atoms with Crippen molar-refractivity contribution >= 4 is 17.6 Å². The van der Waals surface area contributed by atoms with Crippen LogP contribution in [0.1, 0.15) is 12.3 Å². The van der Waals surface area contributed by atoms with Gasteiger partial charge in [-0.25, -0.2) is 13.8 Å². The number of nitrogens with two attached hydrogens (primary N) is 1. The fourth-order valence-corrected chi connectivity index (χ4v) is 2.42. The molecule has 28 heavy (non-hydrogen) atoms. The van der Waals surface area contributed by atoms with E-state index in [4.69, 9.17) is 31.7 Å². The first-order valence-electron chi connectivity index (χ1n) is 7.90. The molecule has 1 unspecified atom stereocenters. The van der Waals surface area contributed by atoms with Crippen LogP contribution in [0.25, 0.3) is 11.4 Å². The highest BCUT2D eigenvalue weighted by Gasteiger charge is 2.17. The number of hydrogen-bond donors (Lipinski definition) is 2. The Balaban J connectivity index is 1.74. The van der Waals surface area contributed by atoms with Gasteiger partial charge in [-0.15, -0.1) is 0 Å². The molecule has 0 saturated heterocycles. The Kier molecular flexibility index (Phi) is 5.81. The molecule has 0 spiro atoms. The van der Waals surface area contributed by atoms with E-state index in [9.17, 15) is 13.6 Å². The number of rotatable bonds is 7. The average Bonchev–Trinajstić information content (AvgIpc) is 3.06. The maximum absolute atomic E-state index is 14.3. The first kappa shape index (κ1) is 19.6. The predicted molar refractivity (Wildman–Crippen MR) is 92.9 cm³/mol. The molecule has 11 heteroatoms. The maximum atomic E-state index is 14.3. The molecule has 0 fully saturated rings. The molecule has 3 rings (SSSR count). The third kappa shape index (κ3) is 4.78. The van der Waals surface area contributed by atoms with Gasteiger partial charge in [0.05, 0.1) is 11.4 Å². The minimum Gasteiger partial charge on any atom is -0.481 e. The van der Waals surface area contributed by atoms with Crippen LogP contribution in [0.5, 0.6) is 11.6 Å². The number of aromatic nitrogens is 3. The van der Waals surface area contributed by atoms with Crippen molar-refractivity contribution in [3.05, 3.63) is 53.0 Å². The van der Waals surface area contributed by atoms with Crippen LogP contribution in [0.15, 0.2) is 35.0 Å². The summed E-state index contributed by atoms with van der Waals surface area (Å²) in [4.78, 5) is 18.3. The lowest BCUT2D eigenvalue weighted by molar-refractivity contribution is -0.137. The van der Waals surface area contributed by atoms with Crippen LogP contribution in [0.4, 0.5) is 8.78 Å². The summed E-state index contributed by atoms with van der Waals surface area (Å²) in [6.07, 6.45) is 0.973. The summed E-state index contributed by atoms with van der Waals surface area (Å²) in [6.45, 7) is 0. The number of carboxylic acid groups (broad SMARTS) is 1. The Morgan fingerprint density at radius 1 is 1.32 bits per heavy atom. The number of aliphatic carboxylic acids is 1. The van der Waals surface area contributed by atoms with E-state index in [1.54, 1.807) is 0 Å². The quantitative estimate of drug-likeness (QED) is 0.608. The molecule has 0 aliphatic heterocycles. The van der Waals surface area contributed by atoms with E-state index >= 15 is 0 Å². The smallest absolute Gasteiger partial charge is 0.304 e. The van der Waals surface area contributed by atoms with Crippen molar-refractivity contribution < 1.29 is 27.9 Å². The van der Waals surface area contributed by atoms with E-state index in [0.29, 0.717) is 0 Å². The van der Waals surface area contributed by atoms with Gasteiger partial charge in [0.25, 0.3) is 5.88 Å². The zero-order chi connectivity index (χ0) is 20.3. The van der Waals surface area contributed by atoms with Crippen LogP contribution < -0.4 is 10.5 Å². The molecule has 0 aliphatic carbocycles. The van der Waals surface area contributed by atoms with Crippen LogP contribution in [0.3, 0.4) is 0 Å². The minimum atomic E-state index is -1.04. The number of pyridine rings is 1. The number of carbonyl (C=O) groups is 1. The van der Waals surface area contributed by atoms with E-state index in [1.807, 2.05) is 0 Å². The highest BCUT2D eigenvalue weighted by atomic mass is 35.5. The first-order chi connectivity index (χ1) is 13.3. The Bertz CT molecular complexity index is 1010. The number of halogens is 3. The molecule has 8 nitrogen and oxygen atoms in total. The van der Waals surface area contributed by atoms with Crippen molar-refractivity contribution in [2.24, 2.45) is 5.73 Å².